The van der Waals surface area contributed by atoms with Crippen molar-refractivity contribution in [2.45, 2.75) is 50.9 Å². The van der Waals surface area contributed by atoms with Crippen molar-refractivity contribution in [3.05, 3.63) is 18.0 Å². The molecule has 1 aliphatic rings. The molecule has 0 spiro atoms. The van der Waals surface area contributed by atoms with Gasteiger partial charge in [-0.1, -0.05) is 6.42 Å². The Bertz CT molecular complexity index is 329. The SMILES string of the molecule is CC(C)n1ccc(CNCC2CCCCS2)n1. The first-order chi connectivity index (χ1) is 8.25. The van der Waals surface area contributed by atoms with Crippen LogP contribution >= 0.6 is 11.8 Å². The van der Waals surface area contributed by atoms with Crippen LogP contribution < -0.4 is 5.32 Å². The Hall–Kier alpha value is -0.480. The molecule has 2 rings (SSSR count). The zero-order chi connectivity index (χ0) is 12.1. The van der Waals surface area contributed by atoms with Crippen molar-refractivity contribution in [2.75, 3.05) is 12.3 Å². The molecule has 1 atom stereocenters. The number of thioether (sulfide) groups is 1. The third-order valence-corrected chi connectivity index (χ3v) is 4.54. The van der Waals surface area contributed by atoms with Gasteiger partial charge in [0.25, 0.3) is 0 Å². The van der Waals surface area contributed by atoms with E-state index in [0.717, 1.165) is 24.0 Å². The predicted octanol–water partition coefficient (Wildman–Crippen LogP) is 2.84. The first-order valence-corrected chi connectivity index (χ1v) is 7.67. The van der Waals surface area contributed by atoms with Gasteiger partial charge in [0.05, 0.1) is 5.69 Å². The van der Waals surface area contributed by atoms with Gasteiger partial charge in [0.15, 0.2) is 0 Å². The summed E-state index contributed by atoms with van der Waals surface area (Å²) in [5.74, 6) is 1.34. The van der Waals surface area contributed by atoms with Crippen molar-refractivity contribution in [3.8, 4) is 0 Å². The molecule has 0 radical (unpaired) electrons. The van der Waals surface area contributed by atoms with E-state index in [1.165, 1.54) is 25.0 Å². The van der Waals surface area contributed by atoms with Gasteiger partial charge in [-0.15, -0.1) is 0 Å². The largest absolute Gasteiger partial charge is 0.310 e. The lowest BCUT2D eigenvalue weighted by molar-refractivity contribution is 0.519. The second-order valence-corrected chi connectivity index (χ2v) is 6.41. The van der Waals surface area contributed by atoms with E-state index in [4.69, 9.17) is 0 Å². The summed E-state index contributed by atoms with van der Waals surface area (Å²) >= 11 is 2.12. The molecule has 0 aromatic carbocycles. The second kappa shape index (κ2) is 6.45. The number of nitrogens with one attached hydrogen (secondary N) is 1. The molecule has 4 heteroatoms. The van der Waals surface area contributed by atoms with Crippen LogP contribution in [0.5, 0.6) is 0 Å². The standard InChI is InChI=1S/C13H23N3S/c1-11(2)16-7-6-12(15-16)9-14-10-13-5-3-4-8-17-13/h6-7,11,13-14H,3-5,8-10H2,1-2H3. The average molecular weight is 253 g/mol. The highest BCUT2D eigenvalue weighted by molar-refractivity contribution is 7.99. The lowest BCUT2D eigenvalue weighted by Crippen LogP contribution is -2.26. The maximum atomic E-state index is 4.54. The van der Waals surface area contributed by atoms with E-state index in [0.29, 0.717) is 6.04 Å². The van der Waals surface area contributed by atoms with Crippen LogP contribution in [0.25, 0.3) is 0 Å². The Morgan fingerprint density at radius 2 is 2.41 bits per heavy atom. The Labute approximate surface area is 108 Å². The smallest absolute Gasteiger partial charge is 0.0762 e. The zero-order valence-electron chi connectivity index (χ0n) is 10.9. The summed E-state index contributed by atoms with van der Waals surface area (Å²) in [5, 5.41) is 8.88. The van der Waals surface area contributed by atoms with E-state index < -0.39 is 0 Å². The number of hydrogen-bond donors (Lipinski definition) is 1. The molecule has 1 aromatic heterocycles. The summed E-state index contributed by atoms with van der Waals surface area (Å²) in [6.07, 6.45) is 6.25. The Balaban J connectivity index is 1.70. The first-order valence-electron chi connectivity index (χ1n) is 6.62. The van der Waals surface area contributed by atoms with Crippen LogP contribution in [0.2, 0.25) is 0 Å². The third kappa shape index (κ3) is 4.03. The number of hydrogen-bond acceptors (Lipinski definition) is 3. The van der Waals surface area contributed by atoms with E-state index in [1.54, 1.807) is 0 Å². The minimum absolute atomic E-state index is 0.456. The monoisotopic (exact) mass is 253 g/mol. The molecule has 1 aliphatic heterocycles. The lowest BCUT2D eigenvalue weighted by Gasteiger charge is -2.21. The molecule has 17 heavy (non-hydrogen) atoms. The van der Waals surface area contributed by atoms with Crippen LogP contribution in [0.4, 0.5) is 0 Å². The fourth-order valence-electron chi connectivity index (χ4n) is 2.09. The number of aromatic nitrogens is 2. The molecule has 1 aromatic rings. The van der Waals surface area contributed by atoms with Crippen LogP contribution in [-0.2, 0) is 6.54 Å². The minimum Gasteiger partial charge on any atom is -0.310 e. The van der Waals surface area contributed by atoms with E-state index in [2.05, 4.69) is 48.3 Å². The van der Waals surface area contributed by atoms with Gasteiger partial charge >= 0.3 is 0 Å². The highest BCUT2D eigenvalue weighted by Gasteiger charge is 2.13. The predicted molar refractivity (Wildman–Crippen MR) is 74.4 cm³/mol. The van der Waals surface area contributed by atoms with E-state index in [9.17, 15) is 0 Å². The Morgan fingerprint density at radius 1 is 1.53 bits per heavy atom. The van der Waals surface area contributed by atoms with Gasteiger partial charge in [-0.25, -0.2) is 0 Å². The van der Waals surface area contributed by atoms with Crippen LogP contribution in [0, 0.1) is 0 Å². The summed E-state index contributed by atoms with van der Waals surface area (Å²) in [6, 6.07) is 2.57. The highest BCUT2D eigenvalue weighted by atomic mass is 32.2. The number of rotatable bonds is 5. The van der Waals surface area contributed by atoms with Gasteiger partial charge in [-0.3, -0.25) is 4.68 Å². The molecular formula is C13H23N3S. The molecule has 3 nitrogen and oxygen atoms in total. The van der Waals surface area contributed by atoms with E-state index >= 15 is 0 Å². The van der Waals surface area contributed by atoms with E-state index in [-0.39, 0.29) is 0 Å². The molecule has 1 saturated heterocycles. The maximum Gasteiger partial charge on any atom is 0.0762 e. The highest BCUT2D eigenvalue weighted by Crippen LogP contribution is 2.24. The van der Waals surface area contributed by atoms with Gasteiger partial charge in [-0.2, -0.15) is 16.9 Å². The van der Waals surface area contributed by atoms with Gasteiger partial charge in [-0.05, 0) is 38.5 Å². The third-order valence-electron chi connectivity index (χ3n) is 3.14. The van der Waals surface area contributed by atoms with Crippen molar-refractivity contribution >= 4 is 11.8 Å². The zero-order valence-corrected chi connectivity index (χ0v) is 11.7. The molecule has 0 amide bonds. The summed E-state index contributed by atoms with van der Waals surface area (Å²) in [7, 11) is 0. The van der Waals surface area contributed by atoms with Crippen LogP contribution in [0.15, 0.2) is 12.3 Å². The summed E-state index contributed by atoms with van der Waals surface area (Å²) in [6.45, 7) is 6.34. The van der Waals surface area contributed by atoms with Crippen LogP contribution in [-0.4, -0.2) is 27.3 Å². The fraction of sp³-hybridized carbons (Fsp3) is 0.769. The van der Waals surface area contributed by atoms with E-state index in [1.807, 2.05) is 4.68 Å². The molecule has 0 aliphatic carbocycles. The van der Waals surface area contributed by atoms with Gasteiger partial charge < -0.3 is 5.32 Å². The van der Waals surface area contributed by atoms with Gasteiger partial charge in [0.2, 0.25) is 0 Å². The quantitative estimate of drug-likeness (QED) is 0.875. The number of nitrogens with zero attached hydrogens (tertiary/aromatic N) is 2. The molecule has 96 valence electrons. The molecule has 1 unspecified atom stereocenters. The molecule has 0 bridgehead atoms. The molecular weight excluding hydrogens is 230 g/mol. The molecule has 1 fully saturated rings. The van der Waals surface area contributed by atoms with Crippen LogP contribution in [0.1, 0.15) is 44.8 Å². The van der Waals surface area contributed by atoms with Crippen molar-refractivity contribution < 1.29 is 0 Å². The molecule has 0 saturated carbocycles. The summed E-state index contributed by atoms with van der Waals surface area (Å²) in [4.78, 5) is 0. The molecule has 2 heterocycles. The maximum absolute atomic E-state index is 4.54. The van der Waals surface area contributed by atoms with Crippen molar-refractivity contribution in [2.24, 2.45) is 0 Å². The van der Waals surface area contributed by atoms with Gasteiger partial charge in [0.1, 0.15) is 0 Å². The second-order valence-electron chi connectivity index (χ2n) is 5.00. The Kier molecular flexibility index (Phi) is 4.92. The molecule has 1 N–H and O–H groups in total. The lowest BCUT2D eigenvalue weighted by atomic mass is 10.2. The van der Waals surface area contributed by atoms with Crippen molar-refractivity contribution in [1.82, 2.24) is 15.1 Å². The summed E-state index contributed by atoms with van der Waals surface area (Å²) < 4.78 is 2.02. The van der Waals surface area contributed by atoms with Crippen molar-refractivity contribution in [3.63, 3.8) is 0 Å². The minimum atomic E-state index is 0.456. The van der Waals surface area contributed by atoms with Crippen molar-refractivity contribution in [1.29, 1.82) is 0 Å². The topological polar surface area (TPSA) is 29.9 Å². The van der Waals surface area contributed by atoms with Crippen LogP contribution in [0.3, 0.4) is 0 Å². The average Bonchev–Trinajstić information content (AvgIpc) is 2.79. The van der Waals surface area contributed by atoms with Gasteiger partial charge in [0, 0.05) is 30.6 Å². The normalized spacial score (nSPS) is 21.0. The summed E-state index contributed by atoms with van der Waals surface area (Å²) in [5.41, 5.74) is 1.15. The fourth-order valence-corrected chi connectivity index (χ4v) is 3.36. The Morgan fingerprint density at radius 3 is 3.06 bits per heavy atom. The first kappa shape index (κ1) is 13.0.